The van der Waals surface area contributed by atoms with Crippen molar-refractivity contribution in [2.75, 3.05) is 52.4 Å². The van der Waals surface area contributed by atoms with Crippen LogP contribution in [0.5, 0.6) is 0 Å². The first kappa shape index (κ1) is 18.9. The molecule has 1 aromatic rings. The second-order valence-electron chi connectivity index (χ2n) is 7.08. The number of carbonyl (C=O) groups excluding carboxylic acids is 2. The molecule has 6 heteroatoms. The van der Waals surface area contributed by atoms with Crippen LogP contribution in [-0.4, -0.2) is 78.9 Å². The lowest BCUT2D eigenvalue weighted by atomic mass is 10.1. The summed E-state index contributed by atoms with van der Waals surface area (Å²) < 4.78 is 5.54. The number of amides is 2. The molecule has 0 atom stereocenters. The first-order chi connectivity index (χ1) is 12.7. The van der Waals surface area contributed by atoms with Gasteiger partial charge in [-0.05, 0) is 24.8 Å². The number of benzene rings is 1. The number of nitrogens with zero attached hydrogens (tertiary/aromatic N) is 3. The second kappa shape index (κ2) is 9.69. The van der Waals surface area contributed by atoms with E-state index in [0.717, 1.165) is 44.6 Å². The lowest BCUT2D eigenvalue weighted by Crippen LogP contribution is -2.52. The Kier molecular flexibility index (Phi) is 7.03. The molecular formula is C20H29N3O3. The molecule has 142 valence electrons. The van der Waals surface area contributed by atoms with Gasteiger partial charge < -0.3 is 14.5 Å². The molecular weight excluding hydrogens is 330 g/mol. The Balaban J connectivity index is 1.33. The normalized spacial score (nSPS) is 18.8. The number of likely N-dealkylation sites (tertiary alicyclic amines) is 1. The molecule has 0 aromatic heterocycles. The van der Waals surface area contributed by atoms with E-state index in [1.807, 2.05) is 40.1 Å². The highest BCUT2D eigenvalue weighted by Crippen LogP contribution is 2.10. The minimum absolute atomic E-state index is 0.0305. The molecule has 2 heterocycles. The smallest absolute Gasteiger partial charge is 0.248 e. The maximum Gasteiger partial charge on any atom is 0.248 e. The van der Waals surface area contributed by atoms with E-state index in [4.69, 9.17) is 4.74 Å². The summed E-state index contributed by atoms with van der Waals surface area (Å²) in [5.74, 6) is 0.263. The van der Waals surface area contributed by atoms with Gasteiger partial charge in [0.25, 0.3) is 0 Å². The SMILES string of the molecule is O=C(COCc1ccccc1)N1CCN(CC(=O)N2CCCCC2)CC1. The Hall–Kier alpha value is -1.92. The van der Waals surface area contributed by atoms with E-state index >= 15 is 0 Å². The van der Waals surface area contributed by atoms with E-state index in [1.165, 1.54) is 6.42 Å². The molecule has 0 aliphatic carbocycles. The quantitative estimate of drug-likeness (QED) is 0.770. The summed E-state index contributed by atoms with van der Waals surface area (Å²) in [4.78, 5) is 30.6. The third kappa shape index (κ3) is 5.54. The molecule has 0 unspecified atom stereocenters. The number of piperidine rings is 1. The van der Waals surface area contributed by atoms with Gasteiger partial charge in [-0.15, -0.1) is 0 Å². The fourth-order valence-electron chi connectivity index (χ4n) is 3.51. The number of rotatable bonds is 6. The van der Waals surface area contributed by atoms with Crippen LogP contribution in [0.1, 0.15) is 24.8 Å². The van der Waals surface area contributed by atoms with Crippen LogP contribution in [0.15, 0.2) is 30.3 Å². The molecule has 26 heavy (non-hydrogen) atoms. The first-order valence-electron chi connectivity index (χ1n) is 9.62. The van der Waals surface area contributed by atoms with Crippen molar-refractivity contribution in [3.8, 4) is 0 Å². The summed E-state index contributed by atoms with van der Waals surface area (Å²) in [7, 11) is 0. The molecule has 6 nitrogen and oxygen atoms in total. The largest absolute Gasteiger partial charge is 0.367 e. The van der Waals surface area contributed by atoms with Gasteiger partial charge in [0, 0.05) is 39.3 Å². The van der Waals surface area contributed by atoms with Gasteiger partial charge in [-0.3, -0.25) is 14.5 Å². The molecule has 2 fully saturated rings. The van der Waals surface area contributed by atoms with Crippen LogP contribution in [0, 0.1) is 0 Å². The second-order valence-corrected chi connectivity index (χ2v) is 7.08. The maximum absolute atomic E-state index is 12.3. The summed E-state index contributed by atoms with van der Waals surface area (Å²) in [6.07, 6.45) is 3.48. The Morgan fingerprint density at radius 3 is 2.15 bits per heavy atom. The molecule has 2 aliphatic heterocycles. The highest BCUT2D eigenvalue weighted by Gasteiger charge is 2.24. The number of hydrogen-bond donors (Lipinski definition) is 0. The minimum Gasteiger partial charge on any atom is -0.367 e. The predicted octanol–water partition coefficient (Wildman–Crippen LogP) is 1.36. The summed E-state index contributed by atoms with van der Waals surface area (Å²) in [5.41, 5.74) is 1.07. The Morgan fingerprint density at radius 2 is 1.46 bits per heavy atom. The maximum atomic E-state index is 12.3. The number of hydrogen-bond acceptors (Lipinski definition) is 4. The Morgan fingerprint density at radius 1 is 0.808 bits per heavy atom. The predicted molar refractivity (Wildman–Crippen MR) is 99.5 cm³/mol. The van der Waals surface area contributed by atoms with Gasteiger partial charge in [-0.2, -0.15) is 0 Å². The van der Waals surface area contributed by atoms with Crippen LogP contribution in [-0.2, 0) is 20.9 Å². The van der Waals surface area contributed by atoms with Gasteiger partial charge in [0.1, 0.15) is 6.61 Å². The summed E-state index contributed by atoms with van der Waals surface area (Å²) in [6, 6.07) is 9.87. The van der Waals surface area contributed by atoms with Gasteiger partial charge in [-0.25, -0.2) is 0 Å². The van der Waals surface area contributed by atoms with Gasteiger partial charge in [-0.1, -0.05) is 30.3 Å². The van der Waals surface area contributed by atoms with Crippen LogP contribution in [0.2, 0.25) is 0 Å². The van der Waals surface area contributed by atoms with E-state index in [0.29, 0.717) is 26.2 Å². The molecule has 0 N–H and O–H groups in total. The number of ether oxygens (including phenoxy) is 1. The van der Waals surface area contributed by atoms with E-state index in [2.05, 4.69) is 4.90 Å². The van der Waals surface area contributed by atoms with Crippen LogP contribution in [0.25, 0.3) is 0 Å². The molecule has 1 aromatic carbocycles. The fourth-order valence-corrected chi connectivity index (χ4v) is 3.51. The standard InChI is InChI=1S/C20H29N3O3/c24-19(22-9-5-2-6-10-22)15-21-11-13-23(14-12-21)20(25)17-26-16-18-7-3-1-4-8-18/h1,3-4,7-8H,2,5-6,9-17H2. The highest BCUT2D eigenvalue weighted by molar-refractivity contribution is 5.79. The third-order valence-corrected chi connectivity index (χ3v) is 5.13. The van der Waals surface area contributed by atoms with Gasteiger partial charge in [0.05, 0.1) is 13.2 Å². The molecule has 2 amide bonds. The highest BCUT2D eigenvalue weighted by atomic mass is 16.5. The Bertz CT molecular complexity index is 579. The van der Waals surface area contributed by atoms with Crippen molar-refractivity contribution in [1.29, 1.82) is 0 Å². The monoisotopic (exact) mass is 359 g/mol. The van der Waals surface area contributed by atoms with Gasteiger partial charge in [0.15, 0.2) is 0 Å². The molecule has 3 rings (SSSR count). The van der Waals surface area contributed by atoms with E-state index in [-0.39, 0.29) is 18.4 Å². The van der Waals surface area contributed by atoms with Crippen molar-refractivity contribution < 1.29 is 14.3 Å². The minimum atomic E-state index is 0.0305. The summed E-state index contributed by atoms with van der Waals surface area (Å²) in [6.45, 7) is 5.69. The number of piperazine rings is 1. The molecule has 2 aliphatic rings. The van der Waals surface area contributed by atoms with Crippen molar-refractivity contribution in [3.63, 3.8) is 0 Å². The van der Waals surface area contributed by atoms with E-state index in [1.54, 1.807) is 0 Å². The summed E-state index contributed by atoms with van der Waals surface area (Å²) in [5, 5.41) is 0. The van der Waals surface area contributed by atoms with Crippen LogP contribution in [0.3, 0.4) is 0 Å². The zero-order valence-corrected chi connectivity index (χ0v) is 15.4. The molecule has 0 radical (unpaired) electrons. The van der Waals surface area contributed by atoms with Crippen molar-refractivity contribution in [3.05, 3.63) is 35.9 Å². The first-order valence-corrected chi connectivity index (χ1v) is 9.62. The van der Waals surface area contributed by atoms with E-state index < -0.39 is 0 Å². The lowest BCUT2D eigenvalue weighted by molar-refractivity contribution is -0.139. The summed E-state index contributed by atoms with van der Waals surface area (Å²) >= 11 is 0. The van der Waals surface area contributed by atoms with Crippen molar-refractivity contribution >= 4 is 11.8 Å². The lowest BCUT2D eigenvalue weighted by Gasteiger charge is -2.36. The number of carbonyl (C=O) groups is 2. The average molecular weight is 359 g/mol. The fraction of sp³-hybridized carbons (Fsp3) is 0.600. The van der Waals surface area contributed by atoms with E-state index in [9.17, 15) is 9.59 Å². The third-order valence-electron chi connectivity index (χ3n) is 5.13. The zero-order valence-electron chi connectivity index (χ0n) is 15.4. The molecule has 0 bridgehead atoms. The van der Waals surface area contributed by atoms with Crippen molar-refractivity contribution in [2.45, 2.75) is 25.9 Å². The Labute approximate surface area is 155 Å². The van der Waals surface area contributed by atoms with Crippen LogP contribution in [0.4, 0.5) is 0 Å². The molecule has 0 spiro atoms. The van der Waals surface area contributed by atoms with Crippen LogP contribution >= 0.6 is 0 Å². The average Bonchev–Trinajstić information content (AvgIpc) is 2.70. The molecule has 2 saturated heterocycles. The van der Waals surface area contributed by atoms with Gasteiger partial charge >= 0.3 is 0 Å². The van der Waals surface area contributed by atoms with Gasteiger partial charge in [0.2, 0.25) is 11.8 Å². The zero-order chi connectivity index (χ0) is 18.2. The van der Waals surface area contributed by atoms with Crippen molar-refractivity contribution in [1.82, 2.24) is 14.7 Å². The van der Waals surface area contributed by atoms with Crippen LogP contribution < -0.4 is 0 Å². The molecule has 0 saturated carbocycles. The van der Waals surface area contributed by atoms with Crippen molar-refractivity contribution in [2.24, 2.45) is 0 Å². The topological polar surface area (TPSA) is 53.1 Å².